The molecule has 3 aromatic carbocycles. The Kier molecular flexibility index (Phi) is 3.51. The first-order valence-electron chi connectivity index (χ1n) is 7.79. The van der Waals surface area contributed by atoms with Crippen LogP contribution in [0.15, 0.2) is 77.2 Å². The first-order chi connectivity index (χ1) is 12.1. The average molecular weight is 331 g/mol. The summed E-state index contributed by atoms with van der Waals surface area (Å²) < 4.78 is 5.90. The minimum atomic E-state index is -0.0826. The zero-order chi connectivity index (χ0) is 17.4. The van der Waals surface area contributed by atoms with Crippen LogP contribution in [0.2, 0.25) is 0 Å². The Morgan fingerprint density at radius 3 is 2.16 bits per heavy atom. The van der Waals surface area contributed by atoms with Crippen molar-refractivity contribution in [1.82, 2.24) is 0 Å². The third-order valence-electron chi connectivity index (χ3n) is 4.05. The van der Waals surface area contributed by atoms with E-state index < -0.39 is 0 Å². The van der Waals surface area contributed by atoms with Crippen LogP contribution in [-0.2, 0) is 0 Å². The lowest BCUT2D eigenvalue weighted by Crippen LogP contribution is -1.86. The predicted octanol–water partition coefficient (Wildman–Crippen LogP) is 5.16. The normalized spacial score (nSPS) is 10.9. The predicted molar refractivity (Wildman–Crippen MR) is 96.5 cm³/mol. The molecule has 0 atom stereocenters. The van der Waals surface area contributed by atoms with Crippen LogP contribution >= 0.6 is 0 Å². The first-order valence-corrected chi connectivity index (χ1v) is 7.79. The Morgan fingerprint density at radius 1 is 0.640 bits per heavy atom. The summed E-state index contributed by atoms with van der Waals surface area (Å²) in [7, 11) is 0. The van der Waals surface area contributed by atoms with Crippen LogP contribution in [0, 0.1) is 0 Å². The number of rotatable bonds is 2. The Balaban J connectivity index is 2.07. The van der Waals surface area contributed by atoms with Crippen molar-refractivity contribution in [3.05, 3.63) is 72.8 Å². The van der Waals surface area contributed by atoms with Gasteiger partial charge in [-0.3, -0.25) is 0 Å². The minimum Gasteiger partial charge on any atom is -0.508 e. The van der Waals surface area contributed by atoms with Gasteiger partial charge < -0.3 is 15.3 Å². The number of phenols is 3. The van der Waals surface area contributed by atoms with Crippen LogP contribution in [0.3, 0.4) is 0 Å². The van der Waals surface area contributed by atoms with Crippen molar-refractivity contribution in [2.75, 3.05) is 0 Å². The van der Waals surface area contributed by atoms with Crippen LogP contribution in [-0.4, -0.2) is 15.3 Å². The molecule has 0 unspecified atom stereocenters. The summed E-state index contributed by atoms with van der Waals surface area (Å²) in [5, 5.41) is 30.4. The summed E-state index contributed by atoms with van der Waals surface area (Å²) in [5.74, 6) is 0.515. The lowest BCUT2D eigenvalue weighted by molar-refractivity contribution is 0.452. The van der Waals surface area contributed by atoms with E-state index in [-0.39, 0.29) is 17.2 Å². The Labute approximate surface area is 143 Å². The van der Waals surface area contributed by atoms with E-state index in [1.54, 1.807) is 18.2 Å². The molecule has 1 aromatic heterocycles. The van der Waals surface area contributed by atoms with Gasteiger partial charge in [0.05, 0.1) is 17.7 Å². The van der Waals surface area contributed by atoms with Gasteiger partial charge >= 0.3 is 11.3 Å². The van der Waals surface area contributed by atoms with Crippen molar-refractivity contribution in [2.45, 2.75) is 0 Å². The van der Waals surface area contributed by atoms with Gasteiger partial charge in [0.25, 0.3) is 0 Å². The maximum absolute atomic E-state index is 10.3. The van der Waals surface area contributed by atoms with Crippen molar-refractivity contribution in [2.24, 2.45) is 0 Å². The van der Waals surface area contributed by atoms with Crippen LogP contribution in [0.1, 0.15) is 0 Å². The monoisotopic (exact) mass is 331 g/mol. The fraction of sp³-hybridized carbons (Fsp3) is 0. The second kappa shape index (κ2) is 5.83. The molecule has 0 aliphatic carbocycles. The maximum Gasteiger partial charge on any atom is 0.368 e. The largest absolute Gasteiger partial charge is 0.508 e. The number of benzene rings is 3. The Bertz CT molecular complexity index is 1070. The smallest absolute Gasteiger partial charge is 0.368 e. The lowest BCUT2D eigenvalue weighted by atomic mass is 9.99. The standard InChI is InChI=1S/C21H14O4/c22-15-8-4-7-14(9-15)19-12-17(13-5-2-1-3-6-13)21-18(24)10-16(23)11-20(21)25-19/h1-12H,(H2-,22,23,24)/p+1. The molecule has 0 amide bonds. The van der Waals surface area contributed by atoms with Crippen LogP contribution in [0.25, 0.3) is 33.4 Å². The van der Waals surface area contributed by atoms with E-state index in [1.807, 2.05) is 42.5 Å². The number of hydrogen-bond donors (Lipinski definition) is 3. The highest BCUT2D eigenvalue weighted by Gasteiger charge is 2.23. The van der Waals surface area contributed by atoms with Gasteiger partial charge in [-0.2, -0.15) is 0 Å². The highest BCUT2D eigenvalue weighted by molar-refractivity contribution is 5.99. The number of hydrogen-bond acceptors (Lipinski definition) is 3. The molecule has 0 spiro atoms. The second-order valence-corrected chi connectivity index (χ2v) is 5.78. The quantitative estimate of drug-likeness (QED) is 0.443. The SMILES string of the molecule is Oc1cccc(-c2cc(-c3ccccc3)c3c(O)cc(O)cc3[o+]2)c1. The van der Waals surface area contributed by atoms with Crippen LogP contribution in [0.5, 0.6) is 17.2 Å². The molecule has 4 nitrogen and oxygen atoms in total. The number of fused-ring (bicyclic) bond motifs is 1. The van der Waals surface area contributed by atoms with Gasteiger partial charge in [0.15, 0.2) is 0 Å². The molecule has 0 aliphatic heterocycles. The molecule has 25 heavy (non-hydrogen) atoms. The van der Waals surface area contributed by atoms with Gasteiger partial charge in [-0.25, -0.2) is 4.42 Å². The summed E-state index contributed by atoms with van der Waals surface area (Å²) >= 11 is 0. The van der Waals surface area contributed by atoms with E-state index in [0.29, 0.717) is 22.3 Å². The van der Waals surface area contributed by atoms with Gasteiger partial charge in [0.1, 0.15) is 22.6 Å². The van der Waals surface area contributed by atoms with Crippen molar-refractivity contribution in [1.29, 1.82) is 0 Å². The van der Waals surface area contributed by atoms with Gasteiger partial charge in [-0.15, -0.1) is 0 Å². The molecule has 3 N–H and O–H groups in total. The van der Waals surface area contributed by atoms with E-state index in [9.17, 15) is 15.3 Å². The maximum atomic E-state index is 10.3. The summed E-state index contributed by atoms with van der Waals surface area (Å²) in [6.45, 7) is 0. The zero-order valence-electron chi connectivity index (χ0n) is 13.2. The van der Waals surface area contributed by atoms with E-state index in [0.717, 1.165) is 11.1 Å². The first kappa shape index (κ1) is 15.0. The molecule has 0 aliphatic rings. The molecular formula is C21H15O4+. The topological polar surface area (TPSA) is 72.0 Å². The van der Waals surface area contributed by atoms with E-state index in [4.69, 9.17) is 4.42 Å². The molecule has 4 aromatic rings. The Morgan fingerprint density at radius 2 is 1.40 bits per heavy atom. The van der Waals surface area contributed by atoms with Gasteiger partial charge in [0, 0.05) is 11.6 Å². The van der Waals surface area contributed by atoms with Crippen LogP contribution in [0.4, 0.5) is 0 Å². The third kappa shape index (κ3) is 2.74. The summed E-state index contributed by atoms with van der Waals surface area (Å²) in [6, 6.07) is 20.9. The average Bonchev–Trinajstić information content (AvgIpc) is 2.61. The molecule has 0 bridgehead atoms. The van der Waals surface area contributed by atoms with Gasteiger partial charge in [-0.05, 0) is 23.8 Å². The number of aromatic hydroxyl groups is 3. The molecule has 4 rings (SSSR count). The van der Waals surface area contributed by atoms with Gasteiger partial charge in [-0.1, -0.05) is 36.4 Å². The van der Waals surface area contributed by atoms with E-state index in [2.05, 4.69) is 0 Å². The van der Waals surface area contributed by atoms with Crippen LogP contribution < -0.4 is 0 Å². The number of phenolic OH excluding ortho intramolecular Hbond substituents is 3. The van der Waals surface area contributed by atoms with E-state index >= 15 is 0 Å². The third-order valence-corrected chi connectivity index (χ3v) is 4.05. The highest BCUT2D eigenvalue weighted by atomic mass is 16.3. The summed E-state index contributed by atoms with van der Waals surface area (Å²) in [4.78, 5) is 0. The lowest BCUT2D eigenvalue weighted by Gasteiger charge is -2.05. The van der Waals surface area contributed by atoms with Crippen molar-refractivity contribution in [3.63, 3.8) is 0 Å². The molecule has 0 radical (unpaired) electrons. The fourth-order valence-corrected chi connectivity index (χ4v) is 2.94. The molecule has 0 fully saturated rings. The molecule has 4 heteroatoms. The van der Waals surface area contributed by atoms with E-state index in [1.165, 1.54) is 12.1 Å². The zero-order valence-corrected chi connectivity index (χ0v) is 13.2. The Hall–Kier alpha value is -3.53. The molecule has 1 heterocycles. The highest BCUT2D eigenvalue weighted by Crippen LogP contribution is 2.40. The molecule has 0 saturated heterocycles. The summed E-state index contributed by atoms with van der Waals surface area (Å²) in [5.41, 5.74) is 2.74. The van der Waals surface area contributed by atoms with Crippen molar-refractivity contribution >= 4 is 11.0 Å². The van der Waals surface area contributed by atoms with Crippen molar-refractivity contribution < 1.29 is 19.7 Å². The molecule has 122 valence electrons. The van der Waals surface area contributed by atoms with Crippen molar-refractivity contribution in [3.8, 4) is 39.7 Å². The summed E-state index contributed by atoms with van der Waals surface area (Å²) in [6.07, 6.45) is 0. The second-order valence-electron chi connectivity index (χ2n) is 5.78. The molecular weight excluding hydrogens is 316 g/mol. The minimum absolute atomic E-state index is 0.0555. The molecule has 0 saturated carbocycles. The van der Waals surface area contributed by atoms with Gasteiger partial charge in [0.2, 0.25) is 0 Å². The fourth-order valence-electron chi connectivity index (χ4n) is 2.94.